The summed E-state index contributed by atoms with van der Waals surface area (Å²) in [6, 6.07) is 0. The summed E-state index contributed by atoms with van der Waals surface area (Å²) >= 11 is 0. The van der Waals surface area contributed by atoms with E-state index in [1.807, 2.05) is 53.6 Å². The fourth-order valence-corrected chi connectivity index (χ4v) is 0.978. The standard InChI is InChI=1S/C12H24N2O/c1-9(13-10(2)14(6)7)8-11(15)12(3,4)5/h10H,8H2,1-7H3/b13-9-. The molecule has 88 valence electrons. The van der Waals surface area contributed by atoms with Crippen molar-refractivity contribution in [3.63, 3.8) is 0 Å². The molecular weight excluding hydrogens is 188 g/mol. The van der Waals surface area contributed by atoms with Crippen LogP contribution in [0.1, 0.15) is 41.0 Å². The van der Waals surface area contributed by atoms with Crippen LogP contribution < -0.4 is 0 Å². The second-order valence-electron chi connectivity index (χ2n) is 5.31. The lowest BCUT2D eigenvalue weighted by Gasteiger charge is -2.19. The van der Waals surface area contributed by atoms with Gasteiger partial charge in [0.25, 0.3) is 0 Å². The molecule has 3 heteroatoms. The number of ketones is 1. The van der Waals surface area contributed by atoms with Crippen LogP contribution in [0.2, 0.25) is 0 Å². The number of rotatable bonds is 4. The quantitative estimate of drug-likeness (QED) is 0.670. The molecule has 0 rings (SSSR count). The van der Waals surface area contributed by atoms with Crippen molar-refractivity contribution in [3.8, 4) is 0 Å². The molecule has 0 saturated heterocycles. The molecule has 0 aliphatic heterocycles. The van der Waals surface area contributed by atoms with Gasteiger partial charge in [0.05, 0.1) is 6.17 Å². The number of aliphatic imine (C=N–C) groups is 1. The average Bonchev–Trinajstić information content (AvgIpc) is 2.01. The fraction of sp³-hybridized carbons (Fsp3) is 0.833. The first-order chi connectivity index (χ1) is 6.64. The van der Waals surface area contributed by atoms with Crippen molar-refractivity contribution >= 4 is 11.5 Å². The molecule has 0 N–H and O–H groups in total. The summed E-state index contributed by atoms with van der Waals surface area (Å²) in [6.45, 7) is 9.77. The molecule has 0 spiro atoms. The van der Waals surface area contributed by atoms with Gasteiger partial charge in [-0.1, -0.05) is 20.8 Å². The van der Waals surface area contributed by atoms with Crippen molar-refractivity contribution in [2.45, 2.75) is 47.2 Å². The predicted molar refractivity (Wildman–Crippen MR) is 65.3 cm³/mol. The van der Waals surface area contributed by atoms with Crippen molar-refractivity contribution in [2.75, 3.05) is 14.1 Å². The molecule has 1 atom stereocenters. The van der Waals surface area contributed by atoms with E-state index in [9.17, 15) is 4.79 Å². The lowest BCUT2D eigenvalue weighted by atomic mass is 9.88. The highest BCUT2D eigenvalue weighted by Gasteiger charge is 2.21. The molecule has 0 radical (unpaired) electrons. The zero-order chi connectivity index (χ0) is 12.2. The first kappa shape index (κ1) is 14.3. The Kier molecular flexibility index (Phi) is 5.15. The largest absolute Gasteiger partial charge is 0.299 e. The fourth-order valence-electron chi connectivity index (χ4n) is 0.978. The van der Waals surface area contributed by atoms with Crippen molar-refractivity contribution in [2.24, 2.45) is 10.4 Å². The van der Waals surface area contributed by atoms with Crippen molar-refractivity contribution in [1.29, 1.82) is 0 Å². The molecule has 0 aromatic heterocycles. The Balaban J connectivity index is 4.37. The Morgan fingerprint density at radius 2 is 1.80 bits per heavy atom. The molecule has 0 aromatic rings. The van der Waals surface area contributed by atoms with E-state index >= 15 is 0 Å². The maximum Gasteiger partial charge on any atom is 0.143 e. The van der Waals surface area contributed by atoms with Gasteiger partial charge in [0.2, 0.25) is 0 Å². The van der Waals surface area contributed by atoms with E-state index in [1.54, 1.807) is 0 Å². The number of nitrogens with zero attached hydrogens (tertiary/aromatic N) is 2. The lowest BCUT2D eigenvalue weighted by Crippen LogP contribution is -2.26. The van der Waals surface area contributed by atoms with Crippen molar-refractivity contribution < 1.29 is 4.79 Å². The Morgan fingerprint density at radius 1 is 1.33 bits per heavy atom. The minimum atomic E-state index is -0.266. The predicted octanol–water partition coefficient (Wildman–Crippen LogP) is 2.36. The molecule has 15 heavy (non-hydrogen) atoms. The van der Waals surface area contributed by atoms with Gasteiger partial charge < -0.3 is 0 Å². The summed E-state index contributed by atoms with van der Waals surface area (Å²) in [5.74, 6) is 0.245. The molecule has 3 nitrogen and oxygen atoms in total. The van der Waals surface area contributed by atoms with E-state index in [-0.39, 0.29) is 17.4 Å². The summed E-state index contributed by atoms with van der Waals surface area (Å²) in [5, 5.41) is 0. The summed E-state index contributed by atoms with van der Waals surface area (Å²) in [6.07, 6.45) is 0.597. The third-order valence-corrected chi connectivity index (χ3v) is 2.41. The molecule has 0 heterocycles. The van der Waals surface area contributed by atoms with Crippen LogP contribution in [0.15, 0.2) is 4.99 Å². The lowest BCUT2D eigenvalue weighted by molar-refractivity contribution is -0.125. The molecule has 0 saturated carbocycles. The number of hydrogen-bond acceptors (Lipinski definition) is 3. The molecule has 1 unspecified atom stereocenters. The second kappa shape index (κ2) is 5.40. The molecule has 0 bridgehead atoms. The Morgan fingerprint density at radius 3 is 2.13 bits per heavy atom. The normalized spacial score (nSPS) is 15.6. The van der Waals surface area contributed by atoms with Gasteiger partial charge in [-0.15, -0.1) is 0 Å². The molecule has 0 aliphatic rings. The number of carbonyl (C=O) groups is 1. The Hall–Kier alpha value is -0.700. The zero-order valence-electron chi connectivity index (χ0n) is 11.1. The van der Waals surface area contributed by atoms with E-state index in [0.29, 0.717) is 6.42 Å². The summed E-state index contributed by atoms with van der Waals surface area (Å²) in [7, 11) is 3.96. The maximum atomic E-state index is 11.7. The van der Waals surface area contributed by atoms with E-state index in [0.717, 1.165) is 5.71 Å². The highest BCUT2D eigenvalue weighted by Crippen LogP contribution is 2.17. The van der Waals surface area contributed by atoms with Crippen LogP contribution in [0.25, 0.3) is 0 Å². The van der Waals surface area contributed by atoms with E-state index < -0.39 is 0 Å². The van der Waals surface area contributed by atoms with Gasteiger partial charge in [-0.2, -0.15) is 0 Å². The van der Waals surface area contributed by atoms with E-state index in [1.165, 1.54) is 0 Å². The highest BCUT2D eigenvalue weighted by molar-refractivity contribution is 6.02. The van der Waals surface area contributed by atoms with Crippen molar-refractivity contribution in [3.05, 3.63) is 0 Å². The van der Waals surface area contributed by atoms with Gasteiger partial charge >= 0.3 is 0 Å². The van der Waals surface area contributed by atoms with Crippen LogP contribution in [0.3, 0.4) is 0 Å². The average molecular weight is 212 g/mol. The highest BCUT2D eigenvalue weighted by atomic mass is 16.1. The van der Waals surface area contributed by atoms with Gasteiger partial charge in [-0.25, -0.2) is 0 Å². The monoisotopic (exact) mass is 212 g/mol. The SMILES string of the molecule is C/C(CC(=O)C(C)(C)C)=N/C(C)N(C)C. The minimum Gasteiger partial charge on any atom is -0.299 e. The third kappa shape index (κ3) is 5.67. The van der Waals surface area contributed by atoms with Gasteiger partial charge in [-0.05, 0) is 27.9 Å². The van der Waals surface area contributed by atoms with E-state index in [4.69, 9.17) is 0 Å². The molecule has 0 amide bonds. The maximum absolute atomic E-state index is 11.7. The van der Waals surface area contributed by atoms with Crippen LogP contribution in [0.5, 0.6) is 0 Å². The van der Waals surface area contributed by atoms with Gasteiger partial charge in [0, 0.05) is 17.5 Å². The van der Waals surface area contributed by atoms with Gasteiger partial charge in [0.1, 0.15) is 5.78 Å². The van der Waals surface area contributed by atoms with Crippen LogP contribution >= 0.6 is 0 Å². The number of carbonyl (C=O) groups excluding carboxylic acids is 1. The first-order valence-corrected chi connectivity index (χ1v) is 5.37. The van der Waals surface area contributed by atoms with Crippen LogP contribution in [0.4, 0.5) is 0 Å². The minimum absolute atomic E-state index is 0.137. The first-order valence-electron chi connectivity index (χ1n) is 5.37. The molecule has 0 aromatic carbocycles. The number of Topliss-reactive ketones (excluding diaryl/α,β-unsaturated/α-hetero) is 1. The topological polar surface area (TPSA) is 32.7 Å². The van der Waals surface area contributed by atoms with Gasteiger partial charge in [0.15, 0.2) is 0 Å². The third-order valence-electron chi connectivity index (χ3n) is 2.41. The number of hydrogen-bond donors (Lipinski definition) is 0. The van der Waals surface area contributed by atoms with Gasteiger partial charge in [-0.3, -0.25) is 14.7 Å². The van der Waals surface area contributed by atoms with Crippen LogP contribution in [-0.4, -0.2) is 36.7 Å². The molecule has 0 aliphatic carbocycles. The Labute approximate surface area is 93.6 Å². The summed E-state index contributed by atoms with van der Waals surface area (Å²) in [5.41, 5.74) is 0.647. The van der Waals surface area contributed by atoms with Crippen molar-refractivity contribution in [1.82, 2.24) is 4.90 Å². The molecular formula is C12H24N2O. The van der Waals surface area contributed by atoms with E-state index in [2.05, 4.69) is 4.99 Å². The van der Waals surface area contributed by atoms with Crippen LogP contribution in [-0.2, 0) is 4.79 Å². The smallest absolute Gasteiger partial charge is 0.143 e. The molecule has 0 fully saturated rings. The summed E-state index contributed by atoms with van der Waals surface area (Å²) < 4.78 is 0. The zero-order valence-corrected chi connectivity index (χ0v) is 11.1. The Bertz CT molecular complexity index is 249. The van der Waals surface area contributed by atoms with Crippen LogP contribution in [0, 0.1) is 5.41 Å². The summed E-state index contributed by atoms with van der Waals surface area (Å²) in [4.78, 5) is 18.2. The second-order valence-corrected chi connectivity index (χ2v) is 5.31.